The van der Waals surface area contributed by atoms with E-state index in [0.717, 1.165) is 25.3 Å². The van der Waals surface area contributed by atoms with E-state index in [1.165, 1.54) is 31.4 Å². The molecule has 0 spiro atoms. The second kappa shape index (κ2) is 6.72. The summed E-state index contributed by atoms with van der Waals surface area (Å²) in [6.45, 7) is -0.337. The number of halogens is 2. The first kappa shape index (κ1) is 17.6. The van der Waals surface area contributed by atoms with Crippen molar-refractivity contribution in [2.24, 2.45) is 17.8 Å². The summed E-state index contributed by atoms with van der Waals surface area (Å²) < 4.78 is 18.4. The molecule has 4 bridgehead atoms. The van der Waals surface area contributed by atoms with Crippen LogP contribution < -0.4 is 15.4 Å². The number of carbonyl (C=O) groups excluding carboxylic acids is 2. The zero-order valence-corrected chi connectivity index (χ0v) is 15.2. The Bertz CT molecular complexity index is 704. The lowest BCUT2D eigenvalue weighted by atomic mass is 9.53. The van der Waals surface area contributed by atoms with E-state index in [2.05, 4.69) is 10.6 Å². The lowest BCUT2D eigenvalue weighted by molar-refractivity contribution is -0.122. The van der Waals surface area contributed by atoms with Crippen LogP contribution in [0.25, 0.3) is 0 Å². The maximum atomic E-state index is 13.1. The fourth-order valence-electron chi connectivity index (χ4n) is 5.41. The molecule has 4 fully saturated rings. The smallest absolute Gasteiger partial charge is 0.321 e. The minimum absolute atomic E-state index is 0.0810. The van der Waals surface area contributed by atoms with Crippen LogP contribution in [0.5, 0.6) is 5.75 Å². The highest BCUT2D eigenvalue weighted by atomic mass is 35.5. The number of imide groups is 1. The Morgan fingerprint density at radius 2 is 1.77 bits per heavy atom. The number of urea groups is 1. The van der Waals surface area contributed by atoms with Gasteiger partial charge in [-0.05, 0) is 68.4 Å². The van der Waals surface area contributed by atoms with Crippen LogP contribution in [0.1, 0.15) is 38.5 Å². The van der Waals surface area contributed by atoms with Gasteiger partial charge in [0.1, 0.15) is 11.6 Å². The maximum Gasteiger partial charge on any atom is 0.321 e. The van der Waals surface area contributed by atoms with Crippen LogP contribution >= 0.6 is 11.6 Å². The van der Waals surface area contributed by atoms with Crippen LogP contribution in [0, 0.1) is 23.6 Å². The van der Waals surface area contributed by atoms with Gasteiger partial charge < -0.3 is 10.1 Å². The summed E-state index contributed by atoms with van der Waals surface area (Å²) >= 11 is 5.67. The van der Waals surface area contributed by atoms with Gasteiger partial charge in [0, 0.05) is 11.6 Å². The summed E-state index contributed by atoms with van der Waals surface area (Å²) in [6.07, 6.45) is 6.92. The standard InChI is InChI=1S/C19H22ClFN2O3/c20-15-6-14(1-2-16(15)21)26-10-17(24)22-18(25)23-19-7-11-3-12(8-19)5-13(4-11)9-19/h1-2,6,11-13H,3-5,7-10H2,(H2,22,23,24,25). The molecule has 4 aliphatic rings. The second-order valence-electron chi connectivity index (χ2n) is 8.06. The van der Waals surface area contributed by atoms with Gasteiger partial charge in [-0.2, -0.15) is 0 Å². The number of nitrogens with one attached hydrogen (secondary N) is 2. The van der Waals surface area contributed by atoms with Crippen molar-refractivity contribution in [1.29, 1.82) is 0 Å². The Balaban J connectivity index is 1.28. The van der Waals surface area contributed by atoms with E-state index >= 15 is 0 Å². The van der Waals surface area contributed by atoms with Gasteiger partial charge in [-0.1, -0.05) is 11.6 Å². The first-order chi connectivity index (χ1) is 12.4. The number of benzene rings is 1. The molecule has 1 aromatic carbocycles. The zero-order valence-electron chi connectivity index (χ0n) is 14.4. The third kappa shape index (κ3) is 3.65. The first-order valence-corrected chi connectivity index (χ1v) is 9.48. The minimum atomic E-state index is -0.557. The molecule has 0 unspecified atom stereocenters. The van der Waals surface area contributed by atoms with Gasteiger partial charge in [-0.15, -0.1) is 0 Å². The molecule has 1 aromatic rings. The van der Waals surface area contributed by atoms with Gasteiger partial charge in [0.15, 0.2) is 6.61 Å². The van der Waals surface area contributed by atoms with Crippen LogP contribution in [-0.4, -0.2) is 24.1 Å². The van der Waals surface area contributed by atoms with Crippen molar-refractivity contribution in [2.75, 3.05) is 6.61 Å². The number of carbonyl (C=O) groups is 2. The van der Waals surface area contributed by atoms with E-state index in [4.69, 9.17) is 16.3 Å². The Hall–Kier alpha value is -1.82. The van der Waals surface area contributed by atoms with Crippen molar-refractivity contribution in [2.45, 2.75) is 44.1 Å². The SMILES string of the molecule is O=C(COc1ccc(F)c(Cl)c1)NC(=O)NC12CC3CC(CC(C3)C1)C2. The fraction of sp³-hybridized carbons (Fsp3) is 0.579. The number of rotatable bonds is 4. The molecule has 5 rings (SSSR count). The van der Waals surface area contributed by atoms with E-state index in [-0.39, 0.29) is 22.9 Å². The van der Waals surface area contributed by atoms with Crippen molar-refractivity contribution in [3.8, 4) is 5.75 Å². The van der Waals surface area contributed by atoms with Gasteiger partial charge in [0.25, 0.3) is 5.91 Å². The van der Waals surface area contributed by atoms with Gasteiger partial charge in [0.05, 0.1) is 5.02 Å². The van der Waals surface area contributed by atoms with E-state index < -0.39 is 17.8 Å². The summed E-state index contributed by atoms with van der Waals surface area (Å²) in [7, 11) is 0. The molecule has 0 aliphatic heterocycles. The number of hydrogen-bond donors (Lipinski definition) is 2. The molecular formula is C19H22ClFN2O3. The second-order valence-corrected chi connectivity index (χ2v) is 8.47. The normalized spacial score (nSPS) is 31.5. The largest absolute Gasteiger partial charge is 0.484 e. The molecule has 5 nitrogen and oxygen atoms in total. The molecule has 0 heterocycles. The minimum Gasteiger partial charge on any atom is -0.484 e. The summed E-state index contributed by atoms with van der Waals surface area (Å²) in [5, 5.41) is 5.32. The average Bonchev–Trinajstić information content (AvgIpc) is 2.54. The monoisotopic (exact) mass is 380 g/mol. The van der Waals surface area contributed by atoms with Crippen molar-refractivity contribution in [3.63, 3.8) is 0 Å². The molecule has 3 amide bonds. The highest BCUT2D eigenvalue weighted by Gasteiger charge is 2.51. The van der Waals surface area contributed by atoms with Crippen molar-refractivity contribution < 1.29 is 18.7 Å². The molecule has 26 heavy (non-hydrogen) atoms. The molecule has 0 atom stereocenters. The maximum absolute atomic E-state index is 13.1. The van der Waals surface area contributed by atoms with Gasteiger partial charge in [-0.25, -0.2) is 9.18 Å². The fourth-order valence-corrected chi connectivity index (χ4v) is 5.58. The summed E-state index contributed by atoms with van der Waals surface area (Å²) in [5.41, 5.74) is -0.148. The number of amides is 3. The summed E-state index contributed by atoms with van der Waals surface area (Å²) in [4.78, 5) is 24.2. The van der Waals surface area contributed by atoms with E-state index in [1.54, 1.807) is 0 Å². The van der Waals surface area contributed by atoms with Gasteiger partial charge in [-0.3, -0.25) is 10.1 Å². The van der Waals surface area contributed by atoms with Crippen LogP contribution in [0.2, 0.25) is 5.02 Å². The molecule has 2 N–H and O–H groups in total. The van der Waals surface area contributed by atoms with E-state index in [9.17, 15) is 14.0 Å². The highest BCUT2D eigenvalue weighted by molar-refractivity contribution is 6.30. The molecule has 0 radical (unpaired) electrons. The molecule has 0 aromatic heterocycles. The van der Waals surface area contributed by atoms with Crippen LogP contribution in [0.15, 0.2) is 18.2 Å². The summed E-state index contributed by atoms with van der Waals surface area (Å²) in [6, 6.07) is 3.37. The zero-order chi connectivity index (χ0) is 18.3. The van der Waals surface area contributed by atoms with Crippen molar-refractivity contribution in [3.05, 3.63) is 29.0 Å². The third-order valence-electron chi connectivity index (χ3n) is 5.93. The van der Waals surface area contributed by atoms with Crippen molar-refractivity contribution in [1.82, 2.24) is 10.6 Å². The Kier molecular flexibility index (Phi) is 4.55. The van der Waals surface area contributed by atoms with Gasteiger partial charge >= 0.3 is 6.03 Å². The molecule has 7 heteroatoms. The lowest BCUT2D eigenvalue weighted by Crippen LogP contribution is -2.62. The van der Waals surface area contributed by atoms with E-state index in [0.29, 0.717) is 17.8 Å². The van der Waals surface area contributed by atoms with Crippen LogP contribution in [0.4, 0.5) is 9.18 Å². The summed E-state index contributed by atoms with van der Waals surface area (Å²) in [5.74, 6) is 1.30. The number of ether oxygens (including phenoxy) is 1. The molecule has 0 saturated heterocycles. The molecule has 140 valence electrons. The Labute approximate surface area is 156 Å². The van der Waals surface area contributed by atoms with Crippen LogP contribution in [-0.2, 0) is 4.79 Å². The number of hydrogen-bond acceptors (Lipinski definition) is 3. The highest BCUT2D eigenvalue weighted by Crippen LogP contribution is 2.55. The molecule has 4 aliphatic carbocycles. The van der Waals surface area contributed by atoms with E-state index in [1.807, 2.05) is 0 Å². The Morgan fingerprint density at radius 1 is 1.15 bits per heavy atom. The first-order valence-electron chi connectivity index (χ1n) is 9.11. The third-order valence-corrected chi connectivity index (χ3v) is 6.22. The predicted octanol–water partition coefficient (Wildman–Crippen LogP) is 3.65. The van der Waals surface area contributed by atoms with Crippen molar-refractivity contribution >= 4 is 23.5 Å². The predicted molar refractivity (Wildman–Crippen MR) is 94.5 cm³/mol. The topological polar surface area (TPSA) is 67.4 Å². The molecular weight excluding hydrogens is 359 g/mol. The average molecular weight is 381 g/mol. The van der Waals surface area contributed by atoms with Crippen LogP contribution in [0.3, 0.4) is 0 Å². The quantitative estimate of drug-likeness (QED) is 0.837. The Morgan fingerprint density at radius 3 is 2.35 bits per heavy atom. The van der Waals surface area contributed by atoms with Gasteiger partial charge in [0.2, 0.25) is 0 Å². The molecule has 4 saturated carbocycles. The lowest BCUT2D eigenvalue weighted by Gasteiger charge is -2.56.